The summed E-state index contributed by atoms with van der Waals surface area (Å²) in [5.41, 5.74) is 8.87. The maximum absolute atomic E-state index is 12.7. The molecule has 278 valence electrons. The molecule has 0 spiro atoms. The molecule has 2 heterocycles. The molecule has 51 heavy (non-hydrogen) atoms. The molecule has 5 N–H and O–H groups in total. The van der Waals surface area contributed by atoms with Crippen molar-refractivity contribution in [3.8, 4) is 17.6 Å². The van der Waals surface area contributed by atoms with Crippen LogP contribution >= 0.6 is 0 Å². The second-order valence-electron chi connectivity index (χ2n) is 13.9. The average molecular weight is 709 g/mol. The van der Waals surface area contributed by atoms with E-state index in [4.69, 9.17) is 19.9 Å². The largest absolute Gasteiger partial charge is 0.493 e. The Hall–Kier alpha value is -4.03. The average Bonchev–Trinajstić information content (AvgIpc) is 3.08. The van der Waals surface area contributed by atoms with E-state index < -0.39 is 42.0 Å². The third-order valence-electron chi connectivity index (χ3n) is 9.02. The van der Waals surface area contributed by atoms with Gasteiger partial charge in [-0.05, 0) is 68.5 Å². The minimum absolute atomic E-state index is 0.0423. The Morgan fingerprint density at radius 1 is 1.06 bits per heavy atom. The number of carbonyl (C=O) groups is 3. The van der Waals surface area contributed by atoms with Crippen molar-refractivity contribution in [2.45, 2.75) is 76.6 Å². The van der Waals surface area contributed by atoms with Crippen molar-refractivity contribution in [2.24, 2.45) is 5.73 Å². The Kier molecular flexibility index (Phi) is 14.0. The topological polar surface area (TPSA) is 175 Å². The van der Waals surface area contributed by atoms with Crippen LogP contribution in [0.3, 0.4) is 0 Å². The number of ether oxygens (including phenoxy) is 3. The predicted molar refractivity (Wildman–Crippen MR) is 190 cm³/mol. The van der Waals surface area contributed by atoms with Gasteiger partial charge in [-0.25, -0.2) is 0 Å². The van der Waals surface area contributed by atoms with Gasteiger partial charge in [-0.1, -0.05) is 42.2 Å². The lowest BCUT2D eigenvalue weighted by molar-refractivity contribution is -0.189. The summed E-state index contributed by atoms with van der Waals surface area (Å²) < 4.78 is 16.8. The zero-order chi connectivity index (χ0) is 37.3. The van der Waals surface area contributed by atoms with E-state index >= 15 is 0 Å². The van der Waals surface area contributed by atoms with Gasteiger partial charge >= 0.3 is 5.97 Å². The van der Waals surface area contributed by atoms with Gasteiger partial charge in [0.15, 0.2) is 6.10 Å². The van der Waals surface area contributed by atoms with Crippen LogP contribution in [0, 0.1) is 18.8 Å². The number of amides is 2. The summed E-state index contributed by atoms with van der Waals surface area (Å²) in [6.45, 7) is 9.79. The summed E-state index contributed by atoms with van der Waals surface area (Å²) in [6, 6.07) is 13.3. The Morgan fingerprint density at radius 2 is 1.75 bits per heavy atom. The van der Waals surface area contributed by atoms with Crippen molar-refractivity contribution in [3.63, 3.8) is 0 Å². The summed E-state index contributed by atoms with van der Waals surface area (Å²) in [4.78, 5) is 42.7. The van der Waals surface area contributed by atoms with Gasteiger partial charge in [-0.15, -0.1) is 0 Å². The van der Waals surface area contributed by atoms with E-state index in [9.17, 15) is 29.7 Å². The zero-order valence-corrected chi connectivity index (χ0v) is 30.2. The summed E-state index contributed by atoms with van der Waals surface area (Å²) in [6.07, 6.45) is -4.34. The summed E-state index contributed by atoms with van der Waals surface area (Å²) in [5.74, 6) is 5.75. The Bertz CT molecular complexity index is 1560. The number of likely N-dealkylation sites (N-methyl/N-ethyl adjacent to an activating group) is 1. The van der Waals surface area contributed by atoms with E-state index in [0.717, 1.165) is 22.3 Å². The van der Waals surface area contributed by atoms with Crippen molar-refractivity contribution in [3.05, 3.63) is 64.7 Å². The molecule has 5 atom stereocenters. The number of nitrogens with two attached hydrogens (primary N) is 1. The number of aryl methyl sites for hydroxylation is 1. The first-order valence-electron chi connectivity index (χ1n) is 17.3. The van der Waals surface area contributed by atoms with Crippen LogP contribution in [-0.4, -0.2) is 137 Å². The monoisotopic (exact) mass is 708 g/mol. The number of aliphatic hydroxyl groups is 3. The van der Waals surface area contributed by atoms with E-state index in [0.29, 0.717) is 38.3 Å². The SMILES string of the molecule is Cc1ccc([C@@H]2OC[C@@H](O)[C@H](O)[C@H]2O)cc1Cc1ccc(OCCC(=O)O[C@H](C)C#CCN(C)C(=O)CN2CCN(C(=O)C(C)(C)N)CC2)cc1. The third-order valence-corrected chi connectivity index (χ3v) is 9.02. The number of benzene rings is 2. The first-order chi connectivity index (χ1) is 24.1. The molecule has 2 fully saturated rings. The number of hydrogen-bond donors (Lipinski definition) is 4. The van der Waals surface area contributed by atoms with Crippen LogP contribution in [0.1, 0.15) is 55.5 Å². The van der Waals surface area contributed by atoms with Gasteiger partial charge in [-0.2, -0.15) is 0 Å². The predicted octanol–water partition coefficient (Wildman–Crippen LogP) is 0.784. The number of carbonyl (C=O) groups excluding carboxylic acids is 3. The number of nitrogens with zero attached hydrogens (tertiary/aromatic N) is 3. The lowest BCUT2D eigenvalue weighted by atomic mass is 9.91. The molecule has 13 nitrogen and oxygen atoms in total. The van der Waals surface area contributed by atoms with Crippen molar-refractivity contribution in [2.75, 3.05) is 59.5 Å². The third kappa shape index (κ3) is 11.5. The normalized spacial score (nSPS) is 21.6. The number of esters is 1. The second-order valence-corrected chi connectivity index (χ2v) is 13.9. The van der Waals surface area contributed by atoms with E-state index in [1.165, 1.54) is 4.90 Å². The van der Waals surface area contributed by atoms with Crippen molar-refractivity contribution < 1.29 is 43.9 Å². The highest BCUT2D eigenvalue weighted by Gasteiger charge is 2.38. The molecular weight excluding hydrogens is 656 g/mol. The molecule has 13 heteroatoms. The van der Waals surface area contributed by atoms with Gasteiger partial charge in [0.05, 0.1) is 38.3 Å². The fourth-order valence-corrected chi connectivity index (χ4v) is 5.84. The van der Waals surface area contributed by atoms with Gasteiger partial charge in [-0.3, -0.25) is 19.3 Å². The highest BCUT2D eigenvalue weighted by atomic mass is 16.5. The molecule has 2 aromatic rings. The molecule has 0 radical (unpaired) electrons. The van der Waals surface area contributed by atoms with Gasteiger partial charge in [0, 0.05) is 33.2 Å². The number of piperazine rings is 1. The van der Waals surface area contributed by atoms with Crippen LogP contribution in [0.5, 0.6) is 5.75 Å². The lowest BCUT2D eigenvalue weighted by Gasteiger charge is -2.37. The van der Waals surface area contributed by atoms with Crippen LogP contribution in [-0.2, 0) is 30.3 Å². The van der Waals surface area contributed by atoms with Gasteiger partial charge < -0.3 is 45.1 Å². The quantitative estimate of drug-likeness (QED) is 0.181. The second kappa shape index (κ2) is 17.9. The number of hydrogen-bond acceptors (Lipinski definition) is 11. The molecule has 0 saturated carbocycles. The molecule has 0 bridgehead atoms. The van der Waals surface area contributed by atoms with E-state index in [-0.39, 0.29) is 44.5 Å². The molecule has 4 rings (SSSR count). The van der Waals surface area contributed by atoms with Gasteiger partial charge in [0.25, 0.3) is 0 Å². The summed E-state index contributed by atoms with van der Waals surface area (Å²) in [7, 11) is 1.67. The van der Waals surface area contributed by atoms with Crippen molar-refractivity contribution in [1.82, 2.24) is 14.7 Å². The molecule has 2 aromatic carbocycles. The molecular formula is C38H52N4O9. The lowest BCUT2D eigenvalue weighted by Crippen LogP contribution is -2.57. The molecule has 2 amide bonds. The van der Waals surface area contributed by atoms with E-state index in [1.807, 2.05) is 54.3 Å². The van der Waals surface area contributed by atoms with Crippen LogP contribution in [0.2, 0.25) is 0 Å². The fourth-order valence-electron chi connectivity index (χ4n) is 5.84. The van der Waals surface area contributed by atoms with E-state index in [1.54, 1.807) is 32.7 Å². The molecule has 2 saturated heterocycles. The summed E-state index contributed by atoms with van der Waals surface area (Å²) >= 11 is 0. The van der Waals surface area contributed by atoms with E-state index in [2.05, 4.69) is 11.8 Å². The minimum Gasteiger partial charge on any atom is -0.493 e. The van der Waals surface area contributed by atoms with Crippen LogP contribution in [0.15, 0.2) is 42.5 Å². The Morgan fingerprint density at radius 3 is 2.41 bits per heavy atom. The standard InChI is InChI=1S/C38H52N4O9/c1-25-8-11-28(36-35(47)34(46)31(43)24-50-36)22-29(25)21-27-9-12-30(13-10-27)49-20-14-33(45)51-26(2)7-6-15-40(5)32(44)23-41-16-18-42(19-17-41)37(48)38(3,4)39/h8-13,22,26,31,34-36,43,46-47H,14-21,23-24,39H2,1-5H3/t26-,31-,34+,35-,36+/m1/s1. The highest BCUT2D eigenvalue weighted by molar-refractivity contribution is 5.85. The van der Waals surface area contributed by atoms with Crippen LogP contribution in [0.4, 0.5) is 0 Å². The molecule has 2 aliphatic heterocycles. The smallest absolute Gasteiger partial charge is 0.310 e. The first kappa shape index (κ1) is 39.8. The van der Waals surface area contributed by atoms with Gasteiger partial charge in [0.2, 0.25) is 11.8 Å². The van der Waals surface area contributed by atoms with Crippen molar-refractivity contribution in [1.29, 1.82) is 0 Å². The molecule has 2 aliphatic rings. The molecule has 0 unspecified atom stereocenters. The number of rotatable bonds is 12. The number of aliphatic hydroxyl groups excluding tert-OH is 3. The maximum Gasteiger partial charge on any atom is 0.310 e. The zero-order valence-electron chi connectivity index (χ0n) is 30.2. The van der Waals surface area contributed by atoms with Gasteiger partial charge in [0.1, 0.15) is 30.2 Å². The summed E-state index contributed by atoms with van der Waals surface area (Å²) in [5, 5.41) is 30.3. The first-order valence-corrected chi connectivity index (χ1v) is 17.3. The van der Waals surface area contributed by atoms with Crippen LogP contribution < -0.4 is 10.5 Å². The fraction of sp³-hybridized carbons (Fsp3) is 0.553. The highest BCUT2D eigenvalue weighted by Crippen LogP contribution is 2.31. The Balaban J connectivity index is 1.14. The molecule has 0 aliphatic carbocycles. The maximum atomic E-state index is 12.7. The Labute approximate surface area is 300 Å². The van der Waals surface area contributed by atoms with Crippen molar-refractivity contribution >= 4 is 17.8 Å². The molecule has 0 aromatic heterocycles. The minimum atomic E-state index is -1.27. The van der Waals surface area contributed by atoms with Crippen LogP contribution in [0.25, 0.3) is 0 Å².